The fraction of sp³-hybridized carbons (Fsp3) is 0.429. The fourth-order valence-electron chi connectivity index (χ4n) is 2.31. The molecule has 2 atom stereocenters. The van der Waals surface area contributed by atoms with Crippen LogP contribution in [0.3, 0.4) is 0 Å². The van der Waals surface area contributed by atoms with E-state index in [-0.39, 0.29) is 23.3 Å². The molecule has 0 aromatic heterocycles. The summed E-state index contributed by atoms with van der Waals surface area (Å²) in [6.07, 6.45) is 0.879. The number of aromatic carboxylic acids is 2. The number of carboxylic acid groups (broad SMARTS) is 2. The third-order valence-electron chi connectivity index (χ3n) is 3.47. The molecule has 2 saturated heterocycles. The largest absolute Gasteiger partial charge is 0.478 e. The highest BCUT2D eigenvalue weighted by Gasteiger charge is 2.30. The summed E-state index contributed by atoms with van der Waals surface area (Å²) in [6, 6.07) is 3.10. The highest BCUT2D eigenvalue weighted by molar-refractivity contribution is 5.97. The fourth-order valence-corrected chi connectivity index (χ4v) is 2.31. The minimum atomic E-state index is -1.11. The summed E-state index contributed by atoms with van der Waals surface area (Å²) in [5, 5.41) is 18.6. The topological polar surface area (TPSA) is 99.7 Å². The Labute approximate surface area is 114 Å². The third-order valence-corrected chi connectivity index (χ3v) is 3.47. The highest BCUT2D eigenvalue weighted by Crippen LogP contribution is 2.26. The first-order valence-corrected chi connectivity index (χ1v) is 6.40. The number of benzene rings is 1. The maximum Gasteiger partial charge on any atom is 0.336 e. The van der Waals surface area contributed by atoms with E-state index in [4.69, 9.17) is 9.47 Å². The minimum absolute atomic E-state index is 0.0519. The second-order valence-electron chi connectivity index (χ2n) is 5.10. The second kappa shape index (κ2) is 4.88. The molecule has 6 nitrogen and oxygen atoms in total. The molecule has 0 spiro atoms. The van der Waals surface area contributed by atoms with Crippen molar-refractivity contribution in [2.45, 2.75) is 25.0 Å². The zero-order valence-corrected chi connectivity index (χ0v) is 10.7. The van der Waals surface area contributed by atoms with E-state index in [1.807, 2.05) is 0 Å². The molecule has 6 heteroatoms. The van der Waals surface area contributed by atoms with Crippen molar-refractivity contribution in [1.82, 2.24) is 0 Å². The van der Waals surface area contributed by atoms with Crippen molar-refractivity contribution >= 4 is 11.9 Å². The van der Waals surface area contributed by atoms with Crippen LogP contribution < -0.4 is 0 Å². The van der Waals surface area contributed by atoms with Crippen LogP contribution in [0.5, 0.6) is 0 Å². The van der Waals surface area contributed by atoms with Crippen molar-refractivity contribution in [3.8, 4) is 0 Å². The maximum absolute atomic E-state index is 11.4. The van der Waals surface area contributed by atoms with E-state index < -0.39 is 11.9 Å². The van der Waals surface area contributed by atoms with Gasteiger partial charge in [-0.05, 0) is 23.3 Å². The number of epoxide rings is 2. The first-order valence-electron chi connectivity index (χ1n) is 6.40. The molecule has 1 aromatic rings. The Hall–Kier alpha value is -1.92. The van der Waals surface area contributed by atoms with Crippen molar-refractivity contribution in [2.24, 2.45) is 0 Å². The molecule has 20 heavy (non-hydrogen) atoms. The minimum Gasteiger partial charge on any atom is -0.478 e. The molecular formula is C14H14O6. The van der Waals surface area contributed by atoms with E-state index in [1.54, 1.807) is 12.1 Å². The summed E-state index contributed by atoms with van der Waals surface area (Å²) in [4.78, 5) is 22.8. The molecule has 0 bridgehead atoms. The lowest BCUT2D eigenvalue weighted by Gasteiger charge is -2.11. The molecule has 2 N–H and O–H groups in total. The summed E-state index contributed by atoms with van der Waals surface area (Å²) in [5.41, 5.74) is 1.13. The Morgan fingerprint density at radius 2 is 1.45 bits per heavy atom. The zero-order chi connectivity index (χ0) is 14.3. The van der Waals surface area contributed by atoms with Gasteiger partial charge in [0.2, 0.25) is 0 Å². The van der Waals surface area contributed by atoms with E-state index in [9.17, 15) is 19.8 Å². The molecule has 106 valence electrons. The Balaban J connectivity index is 2.02. The average Bonchev–Trinajstić information content (AvgIpc) is 3.25. The first kappa shape index (κ1) is 13.1. The van der Waals surface area contributed by atoms with Crippen LogP contribution in [0.15, 0.2) is 12.1 Å². The zero-order valence-electron chi connectivity index (χ0n) is 10.7. The van der Waals surface area contributed by atoms with Gasteiger partial charge in [-0.1, -0.05) is 0 Å². The molecular weight excluding hydrogens is 264 g/mol. The predicted molar refractivity (Wildman–Crippen MR) is 67.2 cm³/mol. The van der Waals surface area contributed by atoms with Crippen molar-refractivity contribution in [3.63, 3.8) is 0 Å². The van der Waals surface area contributed by atoms with Crippen LogP contribution in [0.2, 0.25) is 0 Å². The number of ether oxygens (including phenoxy) is 2. The van der Waals surface area contributed by atoms with Crippen molar-refractivity contribution in [3.05, 3.63) is 34.4 Å². The molecule has 1 aromatic carbocycles. The highest BCUT2D eigenvalue weighted by atomic mass is 16.6. The summed E-state index contributed by atoms with van der Waals surface area (Å²) < 4.78 is 10.2. The molecule has 0 amide bonds. The predicted octanol–water partition coefficient (Wildman–Crippen LogP) is 0.966. The number of hydrogen-bond donors (Lipinski definition) is 2. The second-order valence-corrected chi connectivity index (χ2v) is 5.10. The number of carbonyl (C=O) groups is 2. The Kier molecular flexibility index (Phi) is 3.19. The van der Waals surface area contributed by atoms with Gasteiger partial charge in [-0.3, -0.25) is 0 Å². The van der Waals surface area contributed by atoms with Gasteiger partial charge in [-0.15, -0.1) is 0 Å². The van der Waals surface area contributed by atoms with Crippen LogP contribution in [0.4, 0.5) is 0 Å². The monoisotopic (exact) mass is 278 g/mol. The average molecular weight is 278 g/mol. The van der Waals surface area contributed by atoms with E-state index in [2.05, 4.69) is 0 Å². The summed E-state index contributed by atoms with van der Waals surface area (Å²) in [5.74, 6) is -2.22. The van der Waals surface area contributed by atoms with Crippen molar-refractivity contribution in [1.29, 1.82) is 0 Å². The SMILES string of the molecule is O=C(O)c1cc(CC2CO2)cc(C(=O)O)c1CC1CO1. The van der Waals surface area contributed by atoms with Gasteiger partial charge < -0.3 is 19.7 Å². The standard InChI is InChI=1S/C14H14O6/c15-13(16)11-2-7(1-8-5-19-8)3-12(14(17)18)10(11)4-9-6-20-9/h2-3,8-9H,1,4-6H2,(H,15,16)(H,17,18). The van der Waals surface area contributed by atoms with E-state index in [0.717, 1.165) is 0 Å². The van der Waals surface area contributed by atoms with E-state index in [1.165, 1.54) is 0 Å². The Bertz CT molecular complexity index is 536. The summed E-state index contributed by atoms with van der Waals surface area (Å²) in [7, 11) is 0. The lowest BCUT2D eigenvalue weighted by molar-refractivity contribution is 0.0695. The maximum atomic E-state index is 11.4. The molecule has 2 aliphatic heterocycles. The molecule has 2 aliphatic rings. The van der Waals surface area contributed by atoms with Gasteiger partial charge in [-0.2, -0.15) is 0 Å². The Morgan fingerprint density at radius 1 is 1.00 bits per heavy atom. The van der Waals surface area contributed by atoms with Crippen molar-refractivity contribution in [2.75, 3.05) is 13.2 Å². The van der Waals surface area contributed by atoms with Crippen LogP contribution in [-0.2, 0) is 22.3 Å². The van der Waals surface area contributed by atoms with Gasteiger partial charge >= 0.3 is 11.9 Å². The molecule has 0 radical (unpaired) electrons. The van der Waals surface area contributed by atoms with Crippen LogP contribution in [0.25, 0.3) is 0 Å². The summed E-state index contributed by atoms with van der Waals surface area (Å²) in [6.45, 7) is 1.19. The van der Waals surface area contributed by atoms with Crippen LogP contribution in [-0.4, -0.2) is 47.6 Å². The van der Waals surface area contributed by atoms with E-state index >= 15 is 0 Å². The van der Waals surface area contributed by atoms with Crippen LogP contribution in [0, 0.1) is 0 Å². The van der Waals surface area contributed by atoms with Gasteiger partial charge in [0.25, 0.3) is 0 Å². The van der Waals surface area contributed by atoms with Gasteiger partial charge in [0.05, 0.1) is 36.5 Å². The molecule has 2 fully saturated rings. The third kappa shape index (κ3) is 2.81. The van der Waals surface area contributed by atoms with Gasteiger partial charge in [-0.25, -0.2) is 9.59 Å². The normalized spacial score (nSPS) is 23.4. The lowest BCUT2D eigenvalue weighted by atomic mass is 9.93. The first-order chi connectivity index (χ1) is 9.54. The molecule has 0 aliphatic carbocycles. The van der Waals surface area contributed by atoms with Crippen LogP contribution in [0.1, 0.15) is 31.8 Å². The molecule has 0 saturated carbocycles. The molecule has 2 unspecified atom stereocenters. The lowest BCUT2D eigenvalue weighted by Crippen LogP contribution is -2.14. The number of rotatable bonds is 6. The Morgan fingerprint density at radius 3 is 1.85 bits per heavy atom. The van der Waals surface area contributed by atoms with Crippen LogP contribution >= 0.6 is 0 Å². The van der Waals surface area contributed by atoms with Crippen molar-refractivity contribution < 1.29 is 29.3 Å². The van der Waals surface area contributed by atoms with Gasteiger partial charge in [0, 0.05) is 12.8 Å². The smallest absolute Gasteiger partial charge is 0.336 e. The summed E-state index contributed by atoms with van der Waals surface area (Å²) >= 11 is 0. The number of carboxylic acids is 2. The number of hydrogen-bond acceptors (Lipinski definition) is 4. The van der Waals surface area contributed by atoms with Gasteiger partial charge in [0.1, 0.15) is 0 Å². The molecule has 3 rings (SSSR count). The quantitative estimate of drug-likeness (QED) is 0.752. The van der Waals surface area contributed by atoms with E-state index in [0.29, 0.717) is 37.2 Å². The molecule has 2 heterocycles. The van der Waals surface area contributed by atoms with Gasteiger partial charge in [0.15, 0.2) is 0 Å².